The number of aromatic carboxylic acids is 6. The summed E-state index contributed by atoms with van der Waals surface area (Å²) >= 11 is 0. The van der Waals surface area contributed by atoms with Gasteiger partial charge in [-0.1, -0.05) is 0 Å². The number of aromatic nitrogens is 9. The Hall–Kier alpha value is -16.5. The molecular weight excluding hydrogens is 1960 g/mol. The van der Waals surface area contributed by atoms with E-state index in [-0.39, 0.29) is 38.1 Å². The lowest BCUT2D eigenvalue weighted by Crippen LogP contribution is -2.58. The van der Waals surface area contributed by atoms with Gasteiger partial charge in [-0.15, -0.1) is 15.3 Å². The van der Waals surface area contributed by atoms with Crippen molar-refractivity contribution in [3.05, 3.63) is 143 Å². The Morgan fingerprint density at radius 3 is 0.717 bits per heavy atom. The lowest BCUT2D eigenvalue weighted by Gasteiger charge is -2.45. The SMILES string of the molecule is CC1CN(c2nc(Nc3cc(S(=O)(=O)O)cc4cc(S(=O)(=O)O)c(N=Nc5cc(C(=O)O)cc(C(=O)O)c5)c(O)c34)nc(N3CC(C)N(c4nc(O)nc(Nc5cc(S(=O)(=O)O)cc6cc(S(=O)(=O)O)c(N=Nc7cc(C(=O)O)cc(C(=O)O)c7)c(O)c56)n4)CC3C)n2)C(C)CN1c1nc(O)nc(Nc2cc(S(=O)(=O)O)cc3cc(S(=O)(=O)O)c(N=Nc4cc(C(=O)O)cc(C(=O)O)c4)c(O)c23)n1. The number of phenols is 3. The number of carbonyl (C=O) groups is 6. The van der Waals surface area contributed by atoms with Gasteiger partial charge in [0.2, 0.25) is 41.6 Å². The van der Waals surface area contributed by atoms with Gasteiger partial charge in [0, 0.05) is 66.5 Å². The number of nitrogens with one attached hydrogen (secondary N) is 3. The van der Waals surface area contributed by atoms with E-state index in [1.54, 1.807) is 27.7 Å². The van der Waals surface area contributed by atoms with E-state index in [0.29, 0.717) is 54.6 Å². The predicted molar refractivity (Wildman–Crippen MR) is 469 cm³/mol. The Bertz CT molecular complexity index is 7750. The van der Waals surface area contributed by atoms with E-state index in [2.05, 4.69) is 76.5 Å². The first-order valence-corrected chi connectivity index (χ1v) is 46.9. The van der Waals surface area contributed by atoms with Crippen molar-refractivity contribution >= 4 is 222 Å². The fourth-order valence-electron chi connectivity index (χ4n) is 14.5. The van der Waals surface area contributed by atoms with Crippen molar-refractivity contribution in [3.8, 4) is 29.3 Å². The number of anilines is 10. The highest BCUT2D eigenvalue weighted by molar-refractivity contribution is 7.87. The van der Waals surface area contributed by atoms with Crippen LogP contribution in [0.25, 0.3) is 32.3 Å². The first kappa shape index (κ1) is 97.5. The molecule has 0 spiro atoms. The van der Waals surface area contributed by atoms with E-state index in [1.807, 2.05) is 0 Å². The summed E-state index contributed by atoms with van der Waals surface area (Å²) in [6.45, 7) is 5.24. The summed E-state index contributed by atoms with van der Waals surface area (Å²) in [6, 6.07) is 6.60. The Kier molecular flexibility index (Phi) is 25.5. The Morgan fingerprint density at radius 2 is 0.507 bits per heavy atom. The highest BCUT2D eigenvalue weighted by Crippen LogP contribution is 2.51. The number of aromatic hydroxyl groups is 5. The zero-order valence-corrected chi connectivity index (χ0v) is 74.3. The largest absolute Gasteiger partial charge is 0.505 e. The summed E-state index contributed by atoms with van der Waals surface area (Å²) in [5, 5.41) is 144. The molecule has 12 aromatic rings. The minimum Gasteiger partial charge on any atom is -0.505 e. The number of rotatable bonds is 28. The van der Waals surface area contributed by atoms with Crippen LogP contribution in [-0.4, -0.2) is 265 Å². The van der Waals surface area contributed by atoms with Crippen molar-refractivity contribution in [2.45, 2.75) is 81.2 Å². The van der Waals surface area contributed by atoms with Gasteiger partial charge in [0.15, 0.2) is 17.2 Å². The van der Waals surface area contributed by atoms with E-state index >= 15 is 0 Å². The van der Waals surface area contributed by atoms with Crippen molar-refractivity contribution in [1.82, 2.24) is 44.9 Å². The van der Waals surface area contributed by atoms with E-state index in [0.717, 1.165) is 54.6 Å². The van der Waals surface area contributed by atoms with Gasteiger partial charge in [0.05, 0.1) is 82.2 Å². The highest BCUT2D eigenvalue weighted by Gasteiger charge is 2.39. The average Bonchev–Trinajstić information content (AvgIpc) is 0.748. The van der Waals surface area contributed by atoms with Crippen molar-refractivity contribution in [2.75, 3.05) is 61.7 Å². The minimum absolute atomic E-state index is 0.258. The summed E-state index contributed by atoms with van der Waals surface area (Å²) in [5.41, 5.74) is -11.1. The maximum Gasteiger partial charge on any atom is 0.335 e. The van der Waals surface area contributed by atoms with Gasteiger partial charge in [-0.2, -0.15) is 111 Å². The fourth-order valence-corrected chi connectivity index (χ4v) is 18.1. The number of hydrogen-bond donors (Lipinski definition) is 20. The summed E-state index contributed by atoms with van der Waals surface area (Å²) in [7, 11) is -32.8. The van der Waals surface area contributed by atoms with Crippen molar-refractivity contribution in [3.63, 3.8) is 0 Å². The van der Waals surface area contributed by atoms with Crippen LogP contribution in [0.2, 0.25) is 0 Å². The molecule has 0 bridgehead atoms. The molecule has 4 atom stereocenters. The molecule has 2 fully saturated rings. The molecule has 5 heterocycles. The van der Waals surface area contributed by atoms with Crippen molar-refractivity contribution in [1.29, 1.82) is 0 Å². The number of phenolic OH excluding ortho intramolecular Hbond substituents is 3. The number of nitrogens with zero attached hydrogens (tertiary/aromatic N) is 19. The molecule has 0 radical (unpaired) electrons. The zero-order valence-electron chi connectivity index (χ0n) is 69.4. The number of carboxylic acid groups (broad SMARTS) is 6. The molecule has 138 heavy (non-hydrogen) atoms. The second kappa shape index (κ2) is 36.0. The van der Waals surface area contributed by atoms with E-state index < -0.39 is 326 Å². The van der Waals surface area contributed by atoms with Crippen LogP contribution in [0.5, 0.6) is 29.3 Å². The summed E-state index contributed by atoms with van der Waals surface area (Å²) < 4.78 is 220. The molecular formula is C75H62N22O35S6. The first-order valence-electron chi connectivity index (χ1n) is 38.2. The number of fused-ring (bicyclic) bond motifs is 3. The number of hydrogen-bond acceptors (Lipinski definition) is 45. The molecule has 3 aromatic heterocycles. The second-order valence-electron chi connectivity index (χ2n) is 30.2. The Morgan fingerprint density at radius 1 is 0.290 bits per heavy atom. The maximum atomic E-state index is 13.3. The van der Waals surface area contributed by atoms with Gasteiger partial charge in [0.1, 0.15) is 31.7 Å². The van der Waals surface area contributed by atoms with Crippen LogP contribution in [0, 0.1) is 0 Å². The topological polar surface area (TPSA) is 890 Å². The third-order valence-electron chi connectivity index (χ3n) is 20.7. The number of azo groups is 3. The molecule has 9 aromatic carbocycles. The van der Waals surface area contributed by atoms with Crippen LogP contribution in [0.3, 0.4) is 0 Å². The number of piperazine rings is 2. The molecule has 0 saturated carbocycles. The molecule has 2 aliphatic rings. The van der Waals surface area contributed by atoms with Crippen LogP contribution in [0.4, 0.5) is 92.8 Å². The standard InChI is InChI=1S/C75H62N22O35S6/c1-27-25-96(72-81-68(83-74(113)86-72)77-47-21-44(134(118,119)120)15-32-18-50(137(127,128)129)56(59(99)53(32)47)92-89-41-10-36(63(105)106)6-37(11-41)64(107)108)29(3)23-94(27)70-79-67(76-46-20-43(133(115,116)117)14-31-17-49(136(124,125)126)55(58(98)52(31)46)91-88-40-8-34(61(101)102)5-35(9-40)62(103)104)80-71(85-70)95-24-30(4)97(26-28(95)2)73-82-69(84-75(114)87-73)78-48-22-45(135(121,122)123)16-33-19-51(138(130,131)132)57(60(100)54(33)48)93-90-42-12-38(65(109)110)7-39(13-42)66(111)112/h5-22,27-30,98-100H,23-26H2,1-4H3,(H,101,102)(H,103,104)(H,105,106)(H,107,108)(H,109,110)(H,111,112)(H,115,116,117)(H,118,119,120)(H,121,122,123)(H,124,125,126)(H,127,128,129)(H,130,131,132)(H,76,79,80,85)(H2,77,81,83,86,113)(H2,78,82,84,87,114). The van der Waals surface area contributed by atoms with E-state index in [4.69, 9.17) is 15.0 Å². The number of benzene rings is 9. The van der Waals surface area contributed by atoms with Crippen LogP contribution in [0.1, 0.15) is 89.8 Å². The van der Waals surface area contributed by atoms with E-state index in [9.17, 15) is 163 Å². The van der Waals surface area contributed by atoms with Gasteiger partial charge in [-0.05, 0) is 153 Å². The van der Waals surface area contributed by atoms with Gasteiger partial charge < -0.3 is 91.7 Å². The predicted octanol–water partition coefficient (Wildman–Crippen LogP) is 8.58. The molecule has 0 aliphatic carbocycles. The second-order valence-corrected chi connectivity index (χ2v) is 38.6. The molecule has 0 amide bonds. The molecule has 2 saturated heterocycles. The fraction of sp³-hybridized carbons (Fsp3) is 0.160. The zero-order chi connectivity index (χ0) is 101. The van der Waals surface area contributed by atoms with E-state index in [1.165, 1.54) is 19.6 Å². The lowest BCUT2D eigenvalue weighted by molar-refractivity contribution is 0.0676. The number of carboxylic acids is 6. The Balaban J connectivity index is 0.854. The molecule has 57 nitrogen and oxygen atoms in total. The summed E-state index contributed by atoms with van der Waals surface area (Å²) in [5.74, 6) is -17.2. The van der Waals surface area contributed by atoms with Gasteiger partial charge in [-0.25, -0.2) is 28.8 Å². The third kappa shape index (κ3) is 20.4. The summed E-state index contributed by atoms with van der Waals surface area (Å²) in [6.07, 6.45) is 0. The molecule has 4 unspecified atom stereocenters. The minimum atomic E-state index is -5.63. The van der Waals surface area contributed by atoms with Gasteiger partial charge >= 0.3 is 47.8 Å². The smallest absolute Gasteiger partial charge is 0.335 e. The molecule has 718 valence electrons. The summed E-state index contributed by atoms with van der Waals surface area (Å²) in [4.78, 5) is 110. The van der Waals surface area contributed by atoms with Gasteiger partial charge in [-0.3, -0.25) is 27.3 Å². The van der Waals surface area contributed by atoms with Crippen LogP contribution < -0.4 is 35.6 Å². The quantitative estimate of drug-likeness (QED) is 0.0161. The maximum absolute atomic E-state index is 13.3. The molecule has 2 aliphatic heterocycles. The van der Waals surface area contributed by atoms with Crippen molar-refractivity contribution < 1.29 is 163 Å². The van der Waals surface area contributed by atoms with Gasteiger partial charge in [0.25, 0.3) is 60.7 Å². The Labute approximate surface area is 770 Å². The monoisotopic (exact) mass is 2020 g/mol. The van der Waals surface area contributed by atoms with Crippen LogP contribution in [0.15, 0.2) is 169 Å². The molecule has 20 N–H and O–H groups in total. The lowest BCUT2D eigenvalue weighted by atomic mass is 10.1. The average molecular weight is 2020 g/mol. The van der Waals surface area contributed by atoms with Crippen molar-refractivity contribution in [2.24, 2.45) is 30.7 Å². The van der Waals surface area contributed by atoms with Crippen LogP contribution in [-0.2, 0) is 60.7 Å². The molecule has 63 heteroatoms. The van der Waals surface area contributed by atoms with Crippen LogP contribution >= 0.6 is 0 Å². The molecule has 14 rings (SSSR count). The highest BCUT2D eigenvalue weighted by atomic mass is 32.2. The normalized spacial score (nSPS) is 15.9. The first-order chi connectivity index (χ1) is 64.2. The third-order valence-corrected chi connectivity index (χ3v) is 25.8.